The summed E-state index contributed by atoms with van der Waals surface area (Å²) in [6, 6.07) is 4.60. The molecule has 0 spiro atoms. The molecule has 1 N–H and O–H groups in total. The lowest BCUT2D eigenvalue weighted by Crippen LogP contribution is -2.01. The van der Waals surface area contributed by atoms with E-state index in [1.54, 1.807) is 6.07 Å². The van der Waals surface area contributed by atoms with E-state index in [4.69, 9.17) is 9.84 Å². The van der Waals surface area contributed by atoms with Crippen molar-refractivity contribution in [3.63, 3.8) is 0 Å². The van der Waals surface area contributed by atoms with Crippen LogP contribution in [0.2, 0.25) is 0 Å². The third kappa shape index (κ3) is 1.04. The first-order chi connectivity index (χ1) is 5.27. The van der Waals surface area contributed by atoms with Gasteiger partial charge in [0, 0.05) is 23.3 Å². The average Bonchev–Trinajstić information content (AvgIpc) is 2.32. The molecule has 1 aliphatic rings. The van der Waals surface area contributed by atoms with Crippen molar-refractivity contribution in [1.29, 1.82) is 0 Å². The summed E-state index contributed by atoms with van der Waals surface area (Å²) in [6.45, 7) is 0. The molecule has 0 radical (unpaired) electrons. The fraction of sp³-hybridized carbons (Fsp3) is 0.143. The first-order valence-corrected chi connectivity index (χ1v) is 4.43. The average molecular weight is 170 g/mol. The molecule has 1 aromatic rings. The number of hydrogen-bond donors (Lipinski definition) is 1. The molecule has 1 aliphatic heterocycles. The molecule has 4 heteroatoms. The van der Waals surface area contributed by atoms with Gasteiger partial charge in [-0.1, -0.05) is 0 Å². The van der Waals surface area contributed by atoms with E-state index in [-0.39, 0.29) is 11.7 Å². The Kier molecular flexibility index (Phi) is 1.44. The van der Waals surface area contributed by atoms with E-state index < -0.39 is 11.2 Å². The van der Waals surface area contributed by atoms with Crippen LogP contribution in [0.4, 0.5) is 0 Å². The van der Waals surface area contributed by atoms with Gasteiger partial charge in [-0.25, -0.2) is 0 Å². The van der Waals surface area contributed by atoms with Gasteiger partial charge in [-0.2, -0.15) is 0 Å². The van der Waals surface area contributed by atoms with Crippen LogP contribution in [-0.4, -0.2) is 15.6 Å². The van der Waals surface area contributed by atoms with Crippen LogP contribution in [-0.2, 0) is 11.2 Å². The summed E-state index contributed by atoms with van der Waals surface area (Å²) < 4.78 is 16.1. The highest BCUT2D eigenvalue weighted by molar-refractivity contribution is 7.91. The molecule has 0 fully saturated rings. The summed E-state index contributed by atoms with van der Waals surface area (Å²) in [4.78, 5) is 0.669. The monoisotopic (exact) mass is 170 g/mol. The number of hydrogen-bond acceptors (Lipinski definition) is 3. The Labute approximate surface area is 66.8 Å². The van der Waals surface area contributed by atoms with Crippen molar-refractivity contribution >= 4 is 11.2 Å². The highest BCUT2D eigenvalue weighted by atomic mass is 32.2. The molecule has 0 amide bonds. The van der Waals surface area contributed by atoms with Crippen LogP contribution in [0, 0.1) is 0 Å². The molecular weight excluding hydrogens is 164 g/mol. The Morgan fingerprint density at radius 2 is 2.36 bits per heavy atom. The standard InChI is InChI=1S/C7H6O3S/c8-5-1-2-7-6(3-5)10-4-11(7)9/h1-3,8H,4H2/t11-/m1/s1. The Hall–Kier alpha value is -0.870. The van der Waals surface area contributed by atoms with E-state index >= 15 is 0 Å². The maximum Gasteiger partial charge on any atom is 0.250 e. The fourth-order valence-electron chi connectivity index (χ4n) is 0.978. The predicted octanol–water partition coefficient (Wildman–Crippen LogP) is 0.850. The maximum atomic E-state index is 11.1. The second-order valence-corrected chi connectivity index (χ2v) is 3.61. The number of ether oxygens (including phenoxy) is 1. The van der Waals surface area contributed by atoms with Gasteiger partial charge in [0.1, 0.15) is 5.75 Å². The molecule has 2 rings (SSSR count). The molecule has 1 heterocycles. The highest BCUT2D eigenvalue weighted by Gasteiger charge is 2.25. The normalized spacial score (nSPS) is 21.0. The van der Waals surface area contributed by atoms with Crippen molar-refractivity contribution in [3.8, 4) is 11.5 Å². The van der Waals surface area contributed by atoms with E-state index in [1.807, 2.05) is 0 Å². The number of aromatic hydroxyl groups is 1. The summed E-state index contributed by atoms with van der Waals surface area (Å²) in [7, 11) is 0. The Bertz CT molecular complexity index is 287. The smallest absolute Gasteiger partial charge is 0.250 e. The van der Waals surface area contributed by atoms with Crippen LogP contribution < -0.4 is 4.74 Å². The summed E-state index contributed by atoms with van der Waals surface area (Å²) in [6.07, 6.45) is 0. The molecule has 0 bridgehead atoms. The molecule has 0 aliphatic carbocycles. The zero-order valence-electron chi connectivity index (χ0n) is 5.61. The van der Waals surface area contributed by atoms with Gasteiger partial charge in [-0.3, -0.25) is 0 Å². The zero-order valence-corrected chi connectivity index (χ0v) is 6.43. The van der Waals surface area contributed by atoms with Crippen molar-refractivity contribution < 1.29 is 14.4 Å². The molecule has 1 aromatic carbocycles. The predicted molar refractivity (Wildman–Crippen MR) is 40.0 cm³/mol. The van der Waals surface area contributed by atoms with E-state index in [0.717, 1.165) is 0 Å². The van der Waals surface area contributed by atoms with Crippen LogP contribution in [0.3, 0.4) is 0 Å². The maximum absolute atomic E-state index is 11.1. The largest absolute Gasteiger partial charge is 0.609 e. The highest BCUT2D eigenvalue weighted by Crippen LogP contribution is 2.33. The second kappa shape index (κ2) is 2.32. The summed E-state index contributed by atoms with van der Waals surface area (Å²) in [5, 5.41) is 9.00. The molecule has 58 valence electrons. The number of phenolic OH excluding ortho intramolecular Hbond substituents is 1. The van der Waals surface area contributed by atoms with Crippen LogP contribution in [0.15, 0.2) is 23.1 Å². The summed E-state index contributed by atoms with van der Waals surface area (Å²) in [5.41, 5.74) is 0. The Morgan fingerprint density at radius 1 is 1.55 bits per heavy atom. The number of fused-ring (bicyclic) bond motifs is 1. The van der Waals surface area contributed by atoms with E-state index in [9.17, 15) is 4.55 Å². The summed E-state index contributed by atoms with van der Waals surface area (Å²) in [5.74, 6) is 0.879. The fourth-order valence-corrected chi connectivity index (χ4v) is 1.90. The number of rotatable bonds is 0. The van der Waals surface area contributed by atoms with E-state index in [2.05, 4.69) is 0 Å². The van der Waals surface area contributed by atoms with Crippen molar-refractivity contribution in [2.75, 3.05) is 5.94 Å². The number of benzene rings is 1. The van der Waals surface area contributed by atoms with Gasteiger partial charge in [-0.05, 0) is 6.07 Å². The minimum atomic E-state index is -1.04. The minimum Gasteiger partial charge on any atom is -0.609 e. The topological polar surface area (TPSA) is 52.5 Å². The lowest BCUT2D eigenvalue weighted by Gasteiger charge is -1.97. The van der Waals surface area contributed by atoms with Crippen LogP contribution in [0.5, 0.6) is 11.5 Å². The molecule has 3 nitrogen and oxygen atoms in total. The minimum absolute atomic E-state index is 0.141. The van der Waals surface area contributed by atoms with Gasteiger partial charge in [0.2, 0.25) is 0 Å². The van der Waals surface area contributed by atoms with Gasteiger partial charge in [0.15, 0.2) is 10.6 Å². The summed E-state index contributed by atoms with van der Waals surface area (Å²) >= 11 is -1.04. The van der Waals surface area contributed by atoms with Gasteiger partial charge < -0.3 is 14.4 Å². The lowest BCUT2D eigenvalue weighted by molar-refractivity contribution is 0.385. The molecule has 0 aromatic heterocycles. The zero-order chi connectivity index (χ0) is 7.84. The first-order valence-electron chi connectivity index (χ1n) is 3.11. The molecule has 0 saturated heterocycles. The third-order valence-corrected chi connectivity index (χ3v) is 2.65. The van der Waals surface area contributed by atoms with Crippen LogP contribution in [0.25, 0.3) is 0 Å². The van der Waals surface area contributed by atoms with Gasteiger partial charge >= 0.3 is 0 Å². The SMILES string of the molecule is [O-][S@+]1COc2cc(O)ccc21. The van der Waals surface area contributed by atoms with Crippen LogP contribution >= 0.6 is 0 Å². The van der Waals surface area contributed by atoms with Crippen molar-refractivity contribution in [2.24, 2.45) is 0 Å². The quantitative estimate of drug-likeness (QED) is 0.587. The van der Waals surface area contributed by atoms with Crippen molar-refractivity contribution in [2.45, 2.75) is 4.90 Å². The molecule has 0 saturated carbocycles. The second-order valence-electron chi connectivity index (χ2n) is 2.24. The Morgan fingerprint density at radius 3 is 3.18 bits per heavy atom. The molecule has 1 atom stereocenters. The number of phenols is 1. The third-order valence-electron chi connectivity index (χ3n) is 1.49. The first kappa shape index (κ1) is 6.82. The van der Waals surface area contributed by atoms with Crippen LogP contribution in [0.1, 0.15) is 0 Å². The molecular formula is C7H6O3S. The van der Waals surface area contributed by atoms with Crippen molar-refractivity contribution in [3.05, 3.63) is 18.2 Å². The van der Waals surface area contributed by atoms with Crippen molar-refractivity contribution in [1.82, 2.24) is 0 Å². The van der Waals surface area contributed by atoms with Gasteiger partial charge in [-0.15, -0.1) is 0 Å². The van der Waals surface area contributed by atoms with E-state index in [0.29, 0.717) is 10.6 Å². The molecule has 0 unspecified atom stereocenters. The van der Waals surface area contributed by atoms with E-state index in [1.165, 1.54) is 12.1 Å². The van der Waals surface area contributed by atoms with Gasteiger partial charge in [0.25, 0.3) is 5.94 Å². The van der Waals surface area contributed by atoms with Gasteiger partial charge in [0.05, 0.1) is 0 Å². The lowest BCUT2D eigenvalue weighted by atomic mass is 10.3. The Balaban J connectivity index is 2.50. The molecule has 11 heavy (non-hydrogen) atoms.